The summed E-state index contributed by atoms with van der Waals surface area (Å²) in [6.45, 7) is 5.67. The van der Waals surface area contributed by atoms with E-state index in [1.165, 1.54) is 5.69 Å². The number of hydrogen-bond donors (Lipinski definition) is 2. The molecule has 0 aliphatic carbocycles. The van der Waals surface area contributed by atoms with Gasteiger partial charge in [-0.05, 0) is 37.2 Å². The quantitative estimate of drug-likeness (QED) is 0.625. The first kappa shape index (κ1) is 17.1. The van der Waals surface area contributed by atoms with E-state index in [-0.39, 0.29) is 6.10 Å². The van der Waals surface area contributed by atoms with Gasteiger partial charge in [0.1, 0.15) is 12.6 Å². The van der Waals surface area contributed by atoms with Crippen LogP contribution in [0.1, 0.15) is 6.42 Å². The molecule has 22 heavy (non-hydrogen) atoms. The molecule has 1 unspecified atom stereocenters. The lowest BCUT2D eigenvalue weighted by Crippen LogP contribution is -2.46. The van der Waals surface area contributed by atoms with Crippen LogP contribution in [0.4, 0.5) is 11.4 Å². The van der Waals surface area contributed by atoms with E-state index in [4.69, 9.17) is 5.73 Å². The number of rotatable bonds is 5. The van der Waals surface area contributed by atoms with Gasteiger partial charge in [-0.3, -0.25) is 4.90 Å². The van der Waals surface area contributed by atoms with E-state index in [2.05, 4.69) is 43.1 Å². The third-order valence-electron chi connectivity index (χ3n) is 4.07. The van der Waals surface area contributed by atoms with Crippen molar-refractivity contribution in [2.24, 2.45) is 0 Å². The zero-order chi connectivity index (χ0) is 16.2. The van der Waals surface area contributed by atoms with E-state index in [1.54, 1.807) is 0 Å². The Balaban J connectivity index is 1.86. The van der Waals surface area contributed by atoms with Gasteiger partial charge in [0, 0.05) is 37.6 Å². The molecule has 3 N–H and O–H groups in total. The Kier molecular flexibility index (Phi) is 5.67. The Bertz CT molecular complexity index is 455. The Labute approximate surface area is 134 Å². The molecular weight excluding hydrogens is 276 g/mol. The van der Waals surface area contributed by atoms with E-state index >= 15 is 0 Å². The van der Waals surface area contributed by atoms with Crippen molar-refractivity contribution in [1.82, 2.24) is 4.90 Å². The molecule has 5 heteroatoms. The number of β-amino-alcohol motifs (C(OH)–C–C–N with tert-alkyl or cyclic N) is 1. The van der Waals surface area contributed by atoms with Crippen molar-refractivity contribution in [1.29, 1.82) is 0 Å². The van der Waals surface area contributed by atoms with Crippen molar-refractivity contribution < 1.29 is 9.59 Å². The fourth-order valence-electron chi connectivity index (χ4n) is 3.08. The van der Waals surface area contributed by atoms with Crippen molar-refractivity contribution in [2.45, 2.75) is 12.5 Å². The molecule has 0 spiro atoms. The molecular formula is C17H31N4O+. The van der Waals surface area contributed by atoms with E-state index in [0.29, 0.717) is 0 Å². The topological polar surface area (TPSA) is 52.7 Å². The van der Waals surface area contributed by atoms with Crippen molar-refractivity contribution >= 4 is 11.4 Å². The van der Waals surface area contributed by atoms with Crippen LogP contribution in [-0.4, -0.2) is 81.0 Å². The summed E-state index contributed by atoms with van der Waals surface area (Å²) in [7, 11) is 6.36. The zero-order valence-electron chi connectivity index (χ0n) is 14.2. The lowest BCUT2D eigenvalue weighted by molar-refractivity contribution is -0.873. The maximum atomic E-state index is 10.3. The summed E-state index contributed by atoms with van der Waals surface area (Å²) in [6, 6.07) is 8.11. The van der Waals surface area contributed by atoms with Crippen molar-refractivity contribution in [3.8, 4) is 0 Å². The van der Waals surface area contributed by atoms with E-state index < -0.39 is 0 Å². The van der Waals surface area contributed by atoms with E-state index in [9.17, 15) is 5.11 Å². The minimum Gasteiger partial charge on any atom is -0.399 e. The number of benzene rings is 1. The second-order valence-corrected chi connectivity index (χ2v) is 7.36. The molecule has 124 valence electrons. The third kappa shape index (κ3) is 5.48. The molecule has 0 radical (unpaired) electrons. The van der Waals surface area contributed by atoms with Crippen LogP contribution >= 0.6 is 0 Å². The minimum absolute atomic E-state index is 0.261. The number of nitrogens with zero attached hydrogens (tertiary/aromatic N) is 3. The molecule has 1 heterocycles. The number of quaternary nitrogens is 1. The third-order valence-corrected chi connectivity index (χ3v) is 4.07. The van der Waals surface area contributed by atoms with Crippen LogP contribution in [0.3, 0.4) is 0 Å². The second-order valence-electron chi connectivity index (χ2n) is 7.36. The van der Waals surface area contributed by atoms with Gasteiger partial charge in [-0.15, -0.1) is 0 Å². The van der Waals surface area contributed by atoms with Gasteiger partial charge in [0.05, 0.1) is 21.1 Å². The second kappa shape index (κ2) is 7.31. The summed E-state index contributed by atoms with van der Waals surface area (Å²) < 4.78 is 0.798. The number of hydrogen-bond acceptors (Lipinski definition) is 4. The molecule has 1 aliphatic heterocycles. The highest BCUT2D eigenvalue weighted by atomic mass is 16.3. The van der Waals surface area contributed by atoms with E-state index in [0.717, 1.165) is 55.9 Å². The monoisotopic (exact) mass is 307 g/mol. The number of aliphatic hydroxyl groups excluding tert-OH is 1. The van der Waals surface area contributed by atoms with Gasteiger partial charge in [0.2, 0.25) is 0 Å². The number of nitrogen functional groups attached to an aromatic ring is 1. The molecule has 1 aromatic rings. The Morgan fingerprint density at radius 3 is 2.41 bits per heavy atom. The SMILES string of the molecule is C[N+](C)(C)CC(O)CN1CCCN(c2ccc(N)cc2)CC1. The molecule has 0 saturated carbocycles. The molecule has 1 saturated heterocycles. The Morgan fingerprint density at radius 1 is 1.09 bits per heavy atom. The highest BCUT2D eigenvalue weighted by molar-refractivity contribution is 5.53. The predicted molar refractivity (Wildman–Crippen MR) is 93.0 cm³/mol. The molecule has 0 bridgehead atoms. The average molecular weight is 307 g/mol. The number of aliphatic hydroxyl groups is 1. The molecule has 1 aromatic carbocycles. The van der Waals surface area contributed by atoms with Crippen LogP contribution in [0, 0.1) is 0 Å². The van der Waals surface area contributed by atoms with Gasteiger partial charge in [0.15, 0.2) is 0 Å². The van der Waals surface area contributed by atoms with Crippen molar-refractivity contribution in [3.05, 3.63) is 24.3 Å². The van der Waals surface area contributed by atoms with Gasteiger partial charge in [-0.2, -0.15) is 0 Å². The largest absolute Gasteiger partial charge is 0.399 e. The molecule has 5 nitrogen and oxygen atoms in total. The van der Waals surface area contributed by atoms with Crippen LogP contribution in [0.15, 0.2) is 24.3 Å². The fourth-order valence-corrected chi connectivity index (χ4v) is 3.08. The van der Waals surface area contributed by atoms with Gasteiger partial charge < -0.3 is 20.2 Å². The fraction of sp³-hybridized carbons (Fsp3) is 0.647. The average Bonchev–Trinajstić information content (AvgIpc) is 2.63. The van der Waals surface area contributed by atoms with Gasteiger partial charge in [-0.1, -0.05) is 0 Å². The number of nitrogens with two attached hydrogens (primary N) is 1. The summed E-state index contributed by atoms with van der Waals surface area (Å²) >= 11 is 0. The molecule has 0 aromatic heterocycles. The lowest BCUT2D eigenvalue weighted by Gasteiger charge is -2.30. The van der Waals surface area contributed by atoms with Crippen LogP contribution in [-0.2, 0) is 0 Å². The van der Waals surface area contributed by atoms with Crippen LogP contribution < -0.4 is 10.6 Å². The highest BCUT2D eigenvalue weighted by Gasteiger charge is 2.21. The first-order chi connectivity index (χ1) is 10.3. The normalized spacial score (nSPS) is 19.0. The van der Waals surface area contributed by atoms with Crippen LogP contribution in [0.2, 0.25) is 0 Å². The van der Waals surface area contributed by atoms with Crippen LogP contribution in [0.5, 0.6) is 0 Å². The summed E-state index contributed by atoms with van der Waals surface area (Å²) in [5.41, 5.74) is 7.81. The number of anilines is 2. The predicted octanol–water partition coefficient (Wildman–Crippen LogP) is 0.848. The van der Waals surface area contributed by atoms with Crippen molar-refractivity contribution in [3.63, 3.8) is 0 Å². The summed E-state index contributed by atoms with van der Waals surface area (Å²) in [5, 5.41) is 10.3. The van der Waals surface area contributed by atoms with Crippen LogP contribution in [0.25, 0.3) is 0 Å². The Hall–Kier alpha value is -1.30. The standard InChI is InChI=1S/C17H31N4O/c1-21(2,3)14-17(22)13-19-9-4-10-20(12-11-19)16-7-5-15(18)6-8-16/h5-8,17,22H,4,9-14,18H2,1-3H3/q+1. The van der Waals surface area contributed by atoms with Gasteiger partial charge in [0.25, 0.3) is 0 Å². The number of likely N-dealkylation sites (N-methyl/N-ethyl adjacent to an activating group) is 1. The summed E-state index contributed by atoms with van der Waals surface area (Å²) in [5.74, 6) is 0. The smallest absolute Gasteiger partial charge is 0.115 e. The molecule has 1 fully saturated rings. The summed E-state index contributed by atoms with van der Waals surface area (Å²) in [4.78, 5) is 4.79. The minimum atomic E-state index is -0.261. The molecule has 1 aliphatic rings. The lowest BCUT2D eigenvalue weighted by atomic mass is 10.2. The Morgan fingerprint density at radius 2 is 1.77 bits per heavy atom. The summed E-state index contributed by atoms with van der Waals surface area (Å²) in [6.07, 6.45) is 0.865. The first-order valence-electron chi connectivity index (χ1n) is 8.15. The van der Waals surface area contributed by atoms with E-state index in [1.807, 2.05) is 12.1 Å². The highest BCUT2D eigenvalue weighted by Crippen LogP contribution is 2.18. The van der Waals surface area contributed by atoms with Gasteiger partial charge >= 0.3 is 0 Å². The molecule has 2 rings (SSSR count). The zero-order valence-corrected chi connectivity index (χ0v) is 14.2. The molecule has 1 atom stereocenters. The van der Waals surface area contributed by atoms with Crippen molar-refractivity contribution in [2.75, 3.05) is 71.0 Å². The maximum Gasteiger partial charge on any atom is 0.115 e. The van der Waals surface area contributed by atoms with Gasteiger partial charge in [-0.25, -0.2) is 0 Å². The molecule has 0 amide bonds. The first-order valence-corrected chi connectivity index (χ1v) is 8.15. The maximum absolute atomic E-state index is 10.3.